The molecule has 0 aliphatic heterocycles. The Labute approximate surface area is 142 Å². The molecule has 2 aromatic carbocycles. The molecule has 0 spiro atoms. The number of carbonyl (C=O) groups is 1. The van der Waals surface area contributed by atoms with Gasteiger partial charge in [-0.2, -0.15) is 0 Å². The Kier molecular flexibility index (Phi) is 6.07. The molecule has 0 bridgehead atoms. The summed E-state index contributed by atoms with van der Waals surface area (Å²) in [5.74, 6) is 1.77. The Morgan fingerprint density at radius 2 is 1.71 bits per heavy atom. The summed E-state index contributed by atoms with van der Waals surface area (Å²) in [6, 6.07) is 12.7. The van der Waals surface area contributed by atoms with Crippen LogP contribution in [0.5, 0.6) is 17.2 Å². The molecule has 0 aliphatic carbocycles. The number of benzene rings is 2. The number of rotatable bonds is 7. The zero-order valence-corrected chi connectivity index (χ0v) is 14.5. The van der Waals surface area contributed by atoms with Crippen LogP contribution in [0.1, 0.15) is 35.8 Å². The van der Waals surface area contributed by atoms with Crippen LogP contribution in [0.25, 0.3) is 0 Å². The van der Waals surface area contributed by atoms with Crippen molar-refractivity contribution in [1.29, 1.82) is 0 Å². The highest BCUT2D eigenvalue weighted by atomic mass is 16.5. The van der Waals surface area contributed by atoms with Gasteiger partial charge in [-0.05, 0) is 49.7 Å². The summed E-state index contributed by atoms with van der Waals surface area (Å²) in [6.07, 6.45) is 0. The van der Waals surface area contributed by atoms with Gasteiger partial charge in [0.2, 0.25) is 0 Å². The van der Waals surface area contributed by atoms with Crippen LogP contribution in [-0.4, -0.2) is 26.7 Å². The fraction of sp³-hybridized carbons (Fsp3) is 0.316. The Morgan fingerprint density at radius 3 is 2.29 bits per heavy atom. The summed E-state index contributed by atoms with van der Waals surface area (Å²) in [5, 5.41) is 2.98. The largest absolute Gasteiger partial charge is 0.494 e. The number of hydrogen-bond acceptors (Lipinski definition) is 4. The van der Waals surface area contributed by atoms with Gasteiger partial charge in [-0.3, -0.25) is 4.79 Å². The minimum Gasteiger partial charge on any atom is -0.494 e. The third-order valence-corrected chi connectivity index (χ3v) is 3.68. The smallest absolute Gasteiger partial charge is 0.251 e. The molecule has 5 heteroatoms. The first kappa shape index (κ1) is 17.7. The van der Waals surface area contributed by atoms with Crippen LogP contribution in [0, 0.1) is 0 Å². The van der Waals surface area contributed by atoms with Gasteiger partial charge < -0.3 is 19.5 Å². The van der Waals surface area contributed by atoms with Crippen LogP contribution < -0.4 is 19.5 Å². The number of carbonyl (C=O) groups excluding carboxylic acids is 1. The van der Waals surface area contributed by atoms with E-state index in [2.05, 4.69) is 5.32 Å². The minimum atomic E-state index is -0.169. The zero-order chi connectivity index (χ0) is 17.5. The average Bonchev–Trinajstić information content (AvgIpc) is 2.61. The van der Waals surface area contributed by atoms with Gasteiger partial charge in [-0.15, -0.1) is 0 Å². The van der Waals surface area contributed by atoms with Crippen LogP contribution in [-0.2, 0) is 0 Å². The maximum absolute atomic E-state index is 12.4. The fourth-order valence-corrected chi connectivity index (χ4v) is 2.36. The highest BCUT2D eigenvalue weighted by Crippen LogP contribution is 2.27. The van der Waals surface area contributed by atoms with E-state index < -0.39 is 0 Å². The normalized spacial score (nSPS) is 11.5. The van der Waals surface area contributed by atoms with Crippen molar-refractivity contribution in [2.75, 3.05) is 20.8 Å². The van der Waals surface area contributed by atoms with E-state index in [1.807, 2.05) is 38.1 Å². The van der Waals surface area contributed by atoms with E-state index in [9.17, 15) is 4.79 Å². The van der Waals surface area contributed by atoms with Crippen molar-refractivity contribution in [2.45, 2.75) is 19.9 Å². The summed E-state index contributed by atoms with van der Waals surface area (Å²) >= 11 is 0. The van der Waals surface area contributed by atoms with Crippen LogP contribution in [0.2, 0.25) is 0 Å². The Bertz CT molecular complexity index is 682. The van der Waals surface area contributed by atoms with Crippen molar-refractivity contribution in [3.05, 3.63) is 53.6 Å². The van der Waals surface area contributed by atoms with E-state index in [1.165, 1.54) is 0 Å². The molecule has 1 N–H and O–H groups in total. The van der Waals surface area contributed by atoms with Crippen molar-refractivity contribution in [3.63, 3.8) is 0 Å². The Morgan fingerprint density at radius 1 is 1.04 bits per heavy atom. The third-order valence-electron chi connectivity index (χ3n) is 3.68. The van der Waals surface area contributed by atoms with Crippen molar-refractivity contribution in [1.82, 2.24) is 5.32 Å². The summed E-state index contributed by atoms with van der Waals surface area (Å²) in [7, 11) is 3.10. The van der Waals surface area contributed by atoms with Gasteiger partial charge in [-0.25, -0.2) is 0 Å². The van der Waals surface area contributed by atoms with E-state index >= 15 is 0 Å². The van der Waals surface area contributed by atoms with E-state index in [0.29, 0.717) is 23.7 Å². The van der Waals surface area contributed by atoms with Crippen molar-refractivity contribution >= 4 is 5.91 Å². The molecule has 24 heavy (non-hydrogen) atoms. The van der Waals surface area contributed by atoms with E-state index in [0.717, 1.165) is 11.3 Å². The maximum Gasteiger partial charge on any atom is 0.251 e. The molecule has 0 saturated heterocycles. The van der Waals surface area contributed by atoms with Crippen LogP contribution in [0.3, 0.4) is 0 Å². The standard InChI is InChI=1S/C19H23NO4/c1-5-24-16-9-6-14(7-10-16)13(2)20-19(21)15-8-11-17(22-3)18(12-15)23-4/h6-13H,5H2,1-4H3,(H,20,21)/t13-/m1/s1. The molecule has 0 unspecified atom stereocenters. The molecule has 0 radical (unpaired) electrons. The molecule has 2 aromatic rings. The van der Waals surface area contributed by atoms with Crippen molar-refractivity contribution in [3.8, 4) is 17.2 Å². The topological polar surface area (TPSA) is 56.8 Å². The number of ether oxygens (including phenoxy) is 3. The molecule has 1 amide bonds. The Balaban J connectivity index is 2.08. The zero-order valence-electron chi connectivity index (χ0n) is 14.5. The molecule has 1 atom stereocenters. The van der Waals surface area contributed by atoms with Gasteiger partial charge in [0.05, 0.1) is 26.9 Å². The van der Waals surface area contributed by atoms with E-state index in [-0.39, 0.29) is 11.9 Å². The number of hydrogen-bond donors (Lipinski definition) is 1. The number of methoxy groups -OCH3 is 2. The first-order valence-electron chi connectivity index (χ1n) is 7.84. The molecule has 0 saturated carbocycles. The summed E-state index contributed by atoms with van der Waals surface area (Å²) in [5.41, 5.74) is 1.53. The lowest BCUT2D eigenvalue weighted by Gasteiger charge is -2.16. The predicted molar refractivity (Wildman–Crippen MR) is 93.0 cm³/mol. The van der Waals surface area contributed by atoms with Gasteiger partial charge in [0.15, 0.2) is 11.5 Å². The molecule has 0 heterocycles. The SMILES string of the molecule is CCOc1ccc([C@@H](C)NC(=O)c2ccc(OC)c(OC)c2)cc1. The lowest BCUT2D eigenvalue weighted by atomic mass is 10.1. The molecular formula is C19H23NO4. The van der Waals surface area contributed by atoms with Gasteiger partial charge in [0.1, 0.15) is 5.75 Å². The average molecular weight is 329 g/mol. The lowest BCUT2D eigenvalue weighted by molar-refractivity contribution is 0.0939. The van der Waals surface area contributed by atoms with Crippen LogP contribution >= 0.6 is 0 Å². The van der Waals surface area contributed by atoms with Crippen LogP contribution in [0.4, 0.5) is 0 Å². The molecule has 5 nitrogen and oxygen atoms in total. The second kappa shape index (κ2) is 8.24. The molecule has 0 aliphatic rings. The molecule has 0 fully saturated rings. The van der Waals surface area contributed by atoms with Crippen molar-refractivity contribution in [2.24, 2.45) is 0 Å². The van der Waals surface area contributed by atoms with E-state index in [4.69, 9.17) is 14.2 Å². The third kappa shape index (κ3) is 4.19. The molecule has 2 rings (SSSR count). The predicted octanol–water partition coefficient (Wildman–Crippen LogP) is 3.59. The quantitative estimate of drug-likeness (QED) is 0.843. The highest BCUT2D eigenvalue weighted by molar-refractivity contribution is 5.95. The number of amides is 1. The minimum absolute atomic E-state index is 0.124. The van der Waals surface area contributed by atoms with Gasteiger partial charge in [0, 0.05) is 5.56 Å². The summed E-state index contributed by atoms with van der Waals surface area (Å²) < 4.78 is 15.8. The summed E-state index contributed by atoms with van der Waals surface area (Å²) in [6.45, 7) is 4.51. The van der Waals surface area contributed by atoms with Crippen LogP contribution in [0.15, 0.2) is 42.5 Å². The molecular weight excluding hydrogens is 306 g/mol. The van der Waals surface area contributed by atoms with Gasteiger partial charge in [-0.1, -0.05) is 12.1 Å². The van der Waals surface area contributed by atoms with Gasteiger partial charge >= 0.3 is 0 Å². The summed E-state index contributed by atoms with van der Waals surface area (Å²) in [4.78, 5) is 12.4. The first-order chi connectivity index (χ1) is 11.6. The second-order valence-electron chi connectivity index (χ2n) is 5.27. The number of nitrogens with one attached hydrogen (secondary N) is 1. The first-order valence-corrected chi connectivity index (χ1v) is 7.84. The van der Waals surface area contributed by atoms with Crippen molar-refractivity contribution < 1.29 is 19.0 Å². The highest BCUT2D eigenvalue weighted by Gasteiger charge is 2.14. The molecule has 0 aromatic heterocycles. The Hall–Kier alpha value is -2.69. The maximum atomic E-state index is 12.4. The second-order valence-corrected chi connectivity index (χ2v) is 5.27. The monoisotopic (exact) mass is 329 g/mol. The fourth-order valence-electron chi connectivity index (χ4n) is 2.36. The van der Waals surface area contributed by atoms with Gasteiger partial charge in [0.25, 0.3) is 5.91 Å². The molecule has 128 valence electrons. The lowest BCUT2D eigenvalue weighted by Crippen LogP contribution is -2.26. The van der Waals surface area contributed by atoms with E-state index in [1.54, 1.807) is 32.4 Å².